The third-order valence-electron chi connectivity index (χ3n) is 3.83. The first kappa shape index (κ1) is 20.5. The van der Waals surface area contributed by atoms with Crippen molar-refractivity contribution >= 4 is 34.0 Å². The van der Waals surface area contributed by atoms with Gasteiger partial charge in [-0.05, 0) is 20.8 Å². The second-order valence-electron chi connectivity index (χ2n) is 5.97. The maximum absolute atomic E-state index is 12.4. The highest BCUT2D eigenvalue weighted by atomic mass is 32.1. The number of aryl methyl sites for hydroxylation is 1. The van der Waals surface area contributed by atoms with Crippen molar-refractivity contribution in [2.75, 3.05) is 11.9 Å². The Hall–Kier alpha value is -2.82. The van der Waals surface area contributed by atoms with Gasteiger partial charge in [-0.25, -0.2) is 4.98 Å². The van der Waals surface area contributed by atoms with Crippen molar-refractivity contribution in [1.29, 1.82) is 0 Å². The highest BCUT2D eigenvalue weighted by molar-refractivity contribution is 7.13. The fraction of sp³-hybridized carbons (Fsp3) is 0.500. The summed E-state index contributed by atoms with van der Waals surface area (Å²) in [6.45, 7) is 7.09. The van der Waals surface area contributed by atoms with Gasteiger partial charge in [0.05, 0.1) is 36.1 Å². The first-order valence-electron chi connectivity index (χ1n) is 8.32. The Balaban J connectivity index is 1.98. The average Bonchev–Trinajstić information content (AvgIpc) is 3.11. The fourth-order valence-electron chi connectivity index (χ4n) is 2.51. The van der Waals surface area contributed by atoms with Crippen LogP contribution in [0.2, 0.25) is 0 Å². The number of carbonyl (C=O) groups excluding carboxylic acids is 2. The molecule has 0 fully saturated rings. The molecule has 2 aromatic rings. The van der Waals surface area contributed by atoms with Crippen LogP contribution in [0.4, 0.5) is 10.8 Å². The van der Waals surface area contributed by atoms with Crippen molar-refractivity contribution < 1.29 is 19.2 Å². The van der Waals surface area contributed by atoms with Gasteiger partial charge in [-0.3, -0.25) is 24.4 Å². The minimum Gasteiger partial charge on any atom is -0.466 e. The van der Waals surface area contributed by atoms with E-state index in [1.165, 1.54) is 16.0 Å². The van der Waals surface area contributed by atoms with Crippen LogP contribution in [0.15, 0.2) is 5.38 Å². The number of esters is 1. The Morgan fingerprint density at radius 1 is 1.44 bits per heavy atom. The van der Waals surface area contributed by atoms with Crippen LogP contribution in [-0.2, 0) is 27.3 Å². The molecular weight excluding hydrogens is 374 g/mol. The van der Waals surface area contributed by atoms with E-state index < -0.39 is 10.8 Å². The van der Waals surface area contributed by atoms with E-state index in [-0.39, 0.29) is 30.5 Å². The van der Waals surface area contributed by atoms with Crippen molar-refractivity contribution in [2.45, 2.75) is 40.7 Å². The lowest BCUT2D eigenvalue weighted by atomic mass is 10.1. The van der Waals surface area contributed by atoms with Crippen LogP contribution in [0, 0.1) is 29.9 Å². The van der Waals surface area contributed by atoms with Crippen molar-refractivity contribution in [3.63, 3.8) is 0 Å². The number of amides is 1. The second-order valence-corrected chi connectivity index (χ2v) is 6.83. The first-order valence-corrected chi connectivity index (χ1v) is 9.20. The summed E-state index contributed by atoms with van der Waals surface area (Å²) in [7, 11) is 0. The Kier molecular flexibility index (Phi) is 6.61. The predicted molar refractivity (Wildman–Crippen MR) is 98.6 cm³/mol. The van der Waals surface area contributed by atoms with Crippen LogP contribution in [-0.4, -0.2) is 38.2 Å². The van der Waals surface area contributed by atoms with Gasteiger partial charge in [0.15, 0.2) is 5.13 Å². The van der Waals surface area contributed by atoms with E-state index >= 15 is 0 Å². The van der Waals surface area contributed by atoms with Gasteiger partial charge in [-0.2, -0.15) is 5.10 Å². The molecule has 0 bridgehead atoms. The smallest absolute Gasteiger partial charge is 0.312 e. The number of aromatic nitrogens is 3. The summed E-state index contributed by atoms with van der Waals surface area (Å²) < 4.78 is 6.33. The molecule has 0 saturated carbocycles. The van der Waals surface area contributed by atoms with Gasteiger partial charge < -0.3 is 10.1 Å². The van der Waals surface area contributed by atoms with Gasteiger partial charge in [0.1, 0.15) is 11.4 Å². The molecule has 0 saturated heterocycles. The van der Waals surface area contributed by atoms with E-state index in [9.17, 15) is 19.7 Å². The van der Waals surface area contributed by atoms with Gasteiger partial charge in [-0.1, -0.05) is 6.92 Å². The van der Waals surface area contributed by atoms with E-state index in [1.807, 2.05) is 0 Å². The van der Waals surface area contributed by atoms with Crippen LogP contribution in [0.1, 0.15) is 30.9 Å². The molecular formula is C16H21N5O5S. The average molecular weight is 395 g/mol. The molecule has 0 aliphatic rings. The largest absolute Gasteiger partial charge is 0.466 e. The zero-order chi connectivity index (χ0) is 20.1. The lowest BCUT2D eigenvalue weighted by Crippen LogP contribution is -2.25. The third kappa shape index (κ3) is 5.09. The quantitative estimate of drug-likeness (QED) is 0.412. The summed E-state index contributed by atoms with van der Waals surface area (Å²) >= 11 is 1.21. The lowest BCUT2D eigenvalue weighted by molar-refractivity contribution is -0.386. The summed E-state index contributed by atoms with van der Waals surface area (Å²) in [4.78, 5) is 38.6. The first-order chi connectivity index (χ1) is 12.7. The van der Waals surface area contributed by atoms with Crippen molar-refractivity contribution in [1.82, 2.24) is 14.8 Å². The molecule has 0 aliphatic carbocycles. The summed E-state index contributed by atoms with van der Waals surface area (Å²) in [5.74, 6) is -1.15. The molecule has 1 amide bonds. The molecule has 0 aromatic carbocycles. The van der Waals surface area contributed by atoms with Crippen LogP contribution in [0.25, 0.3) is 0 Å². The number of carbonyl (C=O) groups is 2. The number of nitrogens with zero attached hydrogens (tertiary/aromatic N) is 4. The summed E-state index contributed by atoms with van der Waals surface area (Å²) in [6.07, 6.45) is 0.0468. The van der Waals surface area contributed by atoms with Gasteiger partial charge in [0, 0.05) is 5.38 Å². The standard InChI is InChI=1S/C16H21N5O5S/c1-5-26-13(22)6-12-8-27-16(17-12)18-15(23)9(2)7-20-11(4)14(21(24)25)10(3)19-20/h8-9H,5-7H2,1-4H3,(H,17,18,23). The number of hydrogen-bond donors (Lipinski definition) is 1. The zero-order valence-corrected chi connectivity index (χ0v) is 16.3. The number of nitrogens with one attached hydrogen (secondary N) is 1. The zero-order valence-electron chi connectivity index (χ0n) is 15.5. The van der Waals surface area contributed by atoms with Gasteiger partial charge >= 0.3 is 11.7 Å². The molecule has 27 heavy (non-hydrogen) atoms. The maximum Gasteiger partial charge on any atom is 0.312 e. The topological polar surface area (TPSA) is 129 Å². The third-order valence-corrected chi connectivity index (χ3v) is 4.64. The number of nitro groups is 1. The monoisotopic (exact) mass is 395 g/mol. The number of rotatable bonds is 8. The molecule has 11 heteroatoms. The highest BCUT2D eigenvalue weighted by Crippen LogP contribution is 2.23. The minimum atomic E-state index is -0.486. The molecule has 0 aliphatic heterocycles. The normalized spacial score (nSPS) is 11.9. The van der Waals surface area contributed by atoms with Crippen LogP contribution in [0.3, 0.4) is 0 Å². The van der Waals surface area contributed by atoms with E-state index in [0.717, 1.165) is 0 Å². The lowest BCUT2D eigenvalue weighted by Gasteiger charge is -2.11. The van der Waals surface area contributed by atoms with E-state index in [1.54, 1.807) is 33.1 Å². The van der Waals surface area contributed by atoms with Crippen LogP contribution < -0.4 is 5.32 Å². The Morgan fingerprint density at radius 3 is 2.74 bits per heavy atom. The van der Waals surface area contributed by atoms with Crippen molar-refractivity contribution in [3.05, 3.63) is 32.6 Å². The van der Waals surface area contributed by atoms with Gasteiger partial charge in [-0.15, -0.1) is 11.3 Å². The molecule has 2 rings (SSSR count). The number of anilines is 1. The molecule has 1 unspecified atom stereocenters. The van der Waals surface area contributed by atoms with E-state index in [2.05, 4.69) is 15.4 Å². The van der Waals surface area contributed by atoms with E-state index in [4.69, 9.17) is 4.74 Å². The maximum atomic E-state index is 12.4. The number of hydrogen-bond acceptors (Lipinski definition) is 8. The minimum absolute atomic E-state index is 0.0360. The van der Waals surface area contributed by atoms with Gasteiger partial charge in [0.25, 0.3) is 0 Å². The van der Waals surface area contributed by atoms with Crippen LogP contribution >= 0.6 is 11.3 Å². The molecule has 0 spiro atoms. The van der Waals surface area contributed by atoms with Crippen molar-refractivity contribution in [2.24, 2.45) is 5.92 Å². The molecule has 2 heterocycles. The van der Waals surface area contributed by atoms with Crippen molar-refractivity contribution in [3.8, 4) is 0 Å². The Labute approximate surface area is 159 Å². The fourth-order valence-corrected chi connectivity index (χ4v) is 3.22. The Morgan fingerprint density at radius 2 is 2.15 bits per heavy atom. The van der Waals surface area contributed by atoms with E-state index in [0.29, 0.717) is 28.8 Å². The summed E-state index contributed by atoms with van der Waals surface area (Å²) in [5.41, 5.74) is 1.21. The number of thiazole rings is 1. The molecule has 146 valence electrons. The molecule has 10 nitrogen and oxygen atoms in total. The second kappa shape index (κ2) is 8.71. The molecule has 2 aromatic heterocycles. The van der Waals surface area contributed by atoms with Crippen LogP contribution in [0.5, 0.6) is 0 Å². The number of ether oxygens (including phenoxy) is 1. The summed E-state index contributed by atoms with van der Waals surface area (Å²) in [5, 5.41) is 20.0. The molecule has 1 N–H and O–H groups in total. The molecule has 0 radical (unpaired) electrons. The summed E-state index contributed by atoms with van der Waals surface area (Å²) in [6, 6.07) is 0. The van der Waals surface area contributed by atoms with Gasteiger partial charge in [0.2, 0.25) is 5.91 Å². The predicted octanol–water partition coefficient (Wildman–Crippen LogP) is 2.25. The molecule has 1 atom stereocenters. The Bertz CT molecular complexity index is 860. The SMILES string of the molecule is CCOC(=O)Cc1csc(NC(=O)C(C)Cn2nc(C)c([N+](=O)[O-])c2C)n1. The highest BCUT2D eigenvalue weighted by Gasteiger charge is 2.24.